The number of rotatable bonds is 65. The van der Waals surface area contributed by atoms with Crippen LogP contribution in [0.5, 0.6) is 0 Å². The Morgan fingerprint density at radius 2 is 0.663 bits per heavy atom. The van der Waals surface area contributed by atoms with Gasteiger partial charge < -0.3 is 27.9 Å². The van der Waals surface area contributed by atoms with Gasteiger partial charge in [0.05, 0.1) is 27.7 Å². The van der Waals surface area contributed by atoms with Gasteiger partial charge in [-0.25, -0.2) is 0 Å². The van der Waals surface area contributed by atoms with Gasteiger partial charge in [-0.05, 0) is 83.5 Å². The van der Waals surface area contributed by atoms with Crippen molar-refractivity contribution in [1.29, 1.82) is 0 Å². The molecule has 0 aromatic carbocycles. The maximum absolute atomic E-state index is 12.8. The highest BCUT2D eigenvalue weighted by Gasteiger charge is 2.22. The minimum atomic E-state index is -4.66. The molecule has 0 saturated carbocycles. The van der Waals surface area contributed by atoms with E-state index in [9.17, 15) is 19.0 Å². The zero-order valence-corrected chi connectivity index (χ0v) is 57.4. The maximum Gasteiger partial charge on any atom is 0.306 e. The lowest BCUT2D eigenvalue weighted by Gasteiger charge is -2.28. The molecule has 0 rings (SSSR count). The summed E-state index contributed by atoms with van der Waals surface area (Å²) in [6.45, 7) is 4.12. The van der Waals surface area contributed by atoms with Crippen molar-refractivity contribution in [2.45, 2.75) is 315 Å². The van der Waals surface area contributed by atoms with Crippen molar-refractivity contribution in [3.05, 3.63) is 109 Å². The Morgan fingerprint density at radius 1 is 0.372 bits per heavy atom. The topological polar surface area (TPSA) is 111 Å². The number of hydrogen-bond acceptors (Lipinski definition) is 8. The van der Waals surface area contributed by atoms with Crippen LogP contribution in [-0.2, 0) is 32.7 Å². The average molecular weight is 1220 g/mol. The van der Waals surface area contributed by atoms with E-state index in [1.807, 2.05) is 21.1 Å². The Kier molecular flexibility index (Phi) is 63.5. The molecule has 2 unspecified atom stereocenters. The minimum absolute atomic E-state index is 0.0419. The summed E-state index contributed by atoms with van der Waals surface area (Å²) in [5, 5.41) is 0. The molecule has 0 radical (unpaired) electrons. The Bertz CT molecular complexity index is 1820. The maximum atomic E-state index is 12.8. The molecule has 0 aliphatic carbocycles. The van der Waals surface area contributed by atoms with Gasteiger partial charge in [-0.1, -0.05) is 322 Å². The number of carbonyl (C=O) groups excluding carboxylic acids is 2. The number of likely N-dealkylation sites (N-methyl/N-ethyl adjacent to an activating group) is 1. The van der Waals surface area contributed by atoms with Gasteiger partial charge in [-0.15, -0.1) is 0 Å². The molecule has 9 nitrogen and oxygen atoms in total. The second kappa shape index (κ2) is 66.1. The van der Waals surface area contributed by atoms with E-state index in [4.69, 9.17) is 18.5 Å². The van der Waals surface area contributed by atoms with Gasteiger partial charge in [0.25, 0.3) is 7.82 Å². The number of phosphoric acid groups is 1. The normalized spacial score (nSPS) is 13.8. The highest BCUT2D eigenvalue weighted by Crippen LogP contribution is 2.38. The fourth-order valence-electron chi connectivity index (χ4n) is 9.89. The average Bonchev–Trinajstić information content (AvgIpc) is 3.56. The van der Waals surface area contributed by atoms with Gasteiger partial charge in [0, 0.05) is 12.8 Å². The molecule has 0 heterocycles. The first-order valence-electron chi connectivity index (χ1n) is 35.6. The first kappa shape index (κ1) is 82.7. The summed E-state index contributed by atoms with van der Waals surface area (Å²) in [5.74, 6) is -0.867. The standard InChI is InChI=1S/C76H134NO8P/c1-6-8-10-12-14-16-18-20-22-24-26-28-30-32-34-36-38-40-42-44-46-48-50-52-54-56-58-60-62-64-66-68-75(78)82-72-74(73-84-86(80,81)83-71-70-77(3,4)5)85-76(79)69-67-65-63-61-59-57-55-53-51-49-47-45-43-41-39-37-35-33-31-29-27-25-23-21-19-17-15-13-11-9-7-2/h9,11,15,17,21,23,27,29,33,35,39,41,45,47,51,53,57,59,74H,6-8,10,12-14,16,18-20,22,24-26,28,30-32,34,36-38,40,42-44,46,48-50,52,54-56,58,60-73H2,1-5H3/b11-9-,17-15-,23-21-,29-27-,35-33-,41-39-,47-45-,53-51-,59-57-. The molecular formula is C76H134NO8P. The minimum Gasteiger partial charge on any atom is -0.756 e. The Labute approximate surface area is 531 Å². The summed E-state index contributed by atoms with van der Waals surface area (Å²) >= 11 is 0. The number of allylic oxidation sites excluding steroid dienone is 18. The summed E-state index contributed by atoms with van der Waals surface area (Å²) in [7, 11) is 1.14. The van der Waals surface area contributed by atoms with Gasteiger partial charge in [0.2, 0.25) is 0 Å². The summed E-state index contributed by atoms with van der Waals surface area (Å²) in [6.07, 6.45) is 93.3. The third-order valence-corrected chi connectivity index (χ3v) is 16.3. The molecule has 0 aliphatic heterocycles. The molecule has 10 heteroatoms. The van der Waals surface area contributed by atoms with Gasteiger partial charge in [-0.3, -0.25) is 14.2 Å². The van der Waals surface area contributed by atoms with Crippen molar-refractivity contribution >= 4 is 19.8 Å². The summed E-state index contributed by atoms with van der Waals surface area (Å²) < 4.78 is 34.3. The van der Waals surface area contributed by atoms with E-state index in [-0.39, 0.29) is 32.0 Å². The number of quaternary nitrogens is 1. The molecule has 0 fully saturated rings. The molecule has 0 aromatic heterocycles. The monoisotopic (exact) mass is 1220 g/mol. The molecule has 496 valence electrons. The van der Waals surface area contributed by atoms with Crippen molar-refractivity contribution < 1.29 is 42.1 Å². The van der Waals surface area contributed by atoms with Gasteiger partial charge >= 0.3 is 11.9 Å². The second-order valence-corrected chi connectivity index (χ2v) is 26.3. The summed E-state index contributed by atoms with van der Waals surface area (Å²) in [4.78, 5) is 38.1. The molecule has 0 bridgehead atoms. The molecule has 0 amide bonds. The predicted molar refractivity (Wildman–Crippen MR) is 369 cm³/mol. The predicted octanol–water partition coefficient (Wildman–Crippen LogP) is 22.6. The van der Waals surface area contributed by atoms with Gasteiger partial charge in [0.1, 0.15) is 19.8 Å². The number of esters is 2. The van der Waals surface area contributed by atoms with E-state index in [2.05, 4.69) is 123 Å². The number of ether oxygens (including phenoxy) is 2. The molecule has 0 N–H and O–H groups in total. The zero-order chi connectivity index (χ0) is 62.6. The van der Waals surface area contributed by atoms with Crippen LogP contribution >= 0.6 is 7.82 Å². The third-order valence-electron chi connectivity index (χ3n) is 15.3. The quantitative estimate of drug-likeness (QED) is 0.0195. The first-order chi connectivity index (χ1) is 42.0. The number of carbonyl (C=O) groups is 2. The Morgan fingerprint density at radius 3 is 0.988 bits per heavy atom. The second-order valence-electron chi connectivity index (χ2n) is 24.9. The highest BCUT2D eigenvalue weighted by molar-refractivity contribution is 7.45. The van der Waals surface area contributed by atoms with Gasteiger partial charge in [0.15, 0.2) is 6.10 Å². The SMILES string of the molecule is CC/C=C\C/C=C\C/C=C\C/C=C\C/C=C\C/C=C\C/C=C\C/C=C\C/C=C\CCCCCC(=O)OC(COC(=O)CCCCCCCCCCCCCCCCCCCCCCCCCCCCCCCCC)COP(=O)([O-])OCC[N+](C)(C)C. The van der Waals surface area contributed by atoms with Crippen LogP contribution in [0.1, 0.15) is 309 Å². The fourth-order valence-corrected chi connectivity index (χ4v) is 10.6. The van der Waals surface area contributed by atoms with E-state index < -0.39 is 26.5 Å². The molecule has 0 aliphatic rings. The van der Waals surface area contributed by atoms with Crippen LogP contribution in [0.2, 0.25) is 0 Å². The van der Waals surface area contributed by atoms with Crippen molar-refractivity contribution in [3.8, 4) is 0 Å². The number of phosphoric ester groups is 1. The lowest BCUT2D eigenvalue weighted by Crippen LogP contribution is -2.37. The van der Waals surface area contributed by atoms with Crippen LogP contribution in [-0.4, -0.2) is 70.0 Å². The molecule has 0 spiro atoms. The lowest BCUT2D eigenvalue weighted by atomic mass is 10.0. The largest absolute Gasteiger partial charge is 0.756 e. The van der Waals surface area contributed by atoms with Gasteiger partial charge in [-0.2, -0.15) is 0 Å². The molecule has 0 saturated heterocycles. The van der Waals surface area contributed by atoms with E-state index in [0.717, 1.165) is 96.3 Å². The zero-order valence-electron chi connectivity index (χ0n) is 56.5. The van der Waals surface area contributed by atoms with E-state index in [1.165, 1.54) is 180 Å². The summed E-state index contributed by atoms with van der Waals surface area (Å²) in [5.41, 5.74) is 0. The van der Waals surface area contributed by atoms with Crippen LogP contribution in [0, 0.1) is 0 Å². The van der Waals surface area contributed by atoms with Crippen LogP contribution in [0.15, 0.2) is 109 Å². The lowest BCUT2D eigenvalue weighted by molar-refractivity contribution is -0.870. The first-order valence-corrected chi connectivity index (χ1v) is 37.1. The van der Waals surface area contributed by atoms with Crippen molar-refractivity contribution in [3.63, 3.8) is 0 Å². The van der Waals surface area contributed by atoms with Crippen molar-refractivity contribution in [2.24, 2.45) is 0 Å². The Hall–Kier alpha value is -3.33. The number of nitrogens with zero attached hydrogens (tertiary/aromatic N) is 1. The van der Waals surface area contributed by atoms with Crippen LogP contribution in [0.25, 0.3) is 0 Å². The molecular weight excluding hydrogens is 1090 g/mol. The molecule has 86 heavy (non-hydrogen) atoms. The van der Waals surface area contributed by atoms with Crippen molar-refractivity contribution in [1.82, 2.24) is 0 Å². The highest BCUT2D eigenvalue weighted by atomic mass is 31.2. The molecule has 2 atom stereocenters. The molecule has 0 aromatic rings. The number of hydrogen-bond donors (Lipinski definition) is 0. The Balaban J connectivity index is 4.12. The summed E-state index contributed by atoms with van der Waals surface area (Å²) in [6, 6.07) is 0. The van der Waals surface area contributed by atoms with Crippen molar-refractivity contribution in [2.75, 3.05) is 47.5 Å². The number of unbranched alkanes of at least 4 members (excludes halogenated alkanes) is 33. The van der Waals surface area contributed by atoms with E-state index in [1.54, 1.807) is 0 Å². The third kappa shape index (κ3) is 69.8. The van der Waals surface area contributed by atoms with Crippen LogP contribution in [0.4, 0.5) is 0 Å². The van der Waals surface area contributed by atoms with E-state index in [0.29, 0.717) is 17.4 Å². The van der Waals surface area contributed by atoms with E-state index >= 15 is 0 Å². The fraction of sp³-hybridized carbons (Fsp3) is 0.737. The van der Waals surface area contributed by atoms with Crippen LogP contribution in [0.3, 0.4) is 0 Å². The smallest absolute Gasteiger partial charge is 0.306 e. The van der Waals surface area contributed by atoms with Crippen LogP contribution < -0.4 is 4.89 Å².